The van der Waals surface area contributed by atoms with E-state index in [-0.39, 0.29) is 23.8 Å². The molecule has 0 saturated heterocycles. The molecule has 108 valence electrons. The first-order valence-corrected chi connectivity index (χ1v) is 6.38. The Kier molecular flexibility index (Phi) is 4.56. The van der Waals surface area contributed by atoms with Gasteiger partial charge in [0.1, 0.15) is 11.3 Å². The van der Waals surface area contributed by atoms with E-state index in [2.05, 4.69) is 5.32 Å². The molecule has 0 saturated carbocycles. The van der Waals surface area contributed by atoms with Gasteiger partial charge in [-0.2, -0.15) is 0 Å². The van der Waals surface area contributed by atoms with Gasteiger partial charge in [-0.3, -0.25) is 4.79 Å². The van der Waals surface area contributed by atoms with E-state index in [0.29, 0.717) is 5.69 Å². The summed E-state index contributed by atoms with van der Waals surface area (Å²) in [5, 5.41) is 11.7. The number of aryl methyl sites for hydroxylation is 1. The highest BCUT2D eigenvalue weighted by molar-refractivity contribution is 5.93. The summed E-state index contributed by atoms with van der Waals surface area (Å²) in [5.74, 6) is -1.25. The molecule has 2 aromatic carbocycles. The van der Waals surface area contributed by atoms with E-state index in [1.165, 1.54) is 6.07 Å². The lowest BCUT2D eigenvalue weighted by atomic mass is 10.1. The number of aromatic carboxylic acids is 1. The minimum Gasteiger partial charge on any atom is -0.483 e. The predicted molar refractivity (Wildman–Crippen MR) is 78.7 cm³/mol. The average molecular weight is 285 g/mol. The van der Waals surface area contributed by atoms with Gasteiger partial charge in [-0.25, -0.2) is 4.79 Å². The minimum atomic E-state index is -1.09. The van der Waals surface area contributed by atoms with Crippen molar-refractivity contribution in [3.05, 3.63) is 59.7 Å². The Morgan fingerprint density at radius 2 is 1.86 bits per heavy atom. The van der Waals surface area contributed by atoms with E-state index < -0.39 is 5.97 Å². The van der Waals surface area contributed by atoms with Gasteiger partial charge < -0.3 is 15.2 Å². The zero-order chi connectivity index (χ0) is 15.2. The van der Waals surface area contributed by atoms with E-state index in [1.807, 2.05) is 13.0 Å². The molecular formula is C16H15NO4. The molecule has 0 radical (unpaired) electrons. The summed E-state index contributed by atoms with van der Waals surface area (Å²) < 4.78 is 5.32. The summed E-state index contributed by atoms with van der Waals surface area (Å²) >= 11 is 0. The van der Waals surface area contributed by atoms with E-state index in [0.717, 1.165) is 5.56 Å². The molecule has 21 heavy (non-hydrogen) atoms. The van der Waals surface area contributed by atoms with Crippen LogP contribution in [0.2, 0.25) is 0 Å². The van der Waals surface area contributed by atoms with Crippen LogP contribution in [0, 0.1) is 6.92 Å². The van der Waals surface area contributed by atoms with Crippen LogP contribution < -0.4 is 10.1 Å². The lowest BCUT2D eigenvalue weighted by molar-refractivity contribution is -0.118. The third-order valence-electron chi connectivity index (χ3n) is 2.78. The van der Waals surface area contributed by atoms with Crippen LogP contribution in [0.25, 0.3) is 0 Å². The van der Waals surface area contributed by atoms with Crippen LogP contribution in [0.3, 0.4) is 0 Å². The zero-order valence-corrected chi connectivity index (χ0v) is 11.5. The number of hydrogen-bond donors (Lipinski definition) is 2. The molecule has 0 bridgehead atoms. The Bertz CT molecular complexity index is 653. The molecule has 2 aromatic rings. The lowest BCUT2D eigenvalue weighted by Crippen LogP contribution is -2.20. The van der Waals surface area contributed by atoms with Crippen molar-refractivity contribution >= 4 is 17.6 Å². The summed E-state index contributed by atoms with van der Waals surface area (Å²) in [7, 11) is 0. The second-order valence-corrected chi connectivity index (χ2v) is 4.51. The van der Waals surface area contributed by atoms with Crippen LogP contribution in [0.5, 0.6) is 5.75 Å². The van der Waals surface area contributed by atoms with Crippen molar-refractivity contribution in [3.63, 3.8) is 0 Å². The molecule has 0 atom stereocenters. The van der Waals surface area contributed by atoms with Gasteiger partial charge in [0.15, 0.2) is 6.61 Å². The van der Waals surface area contributed by atoms with Crippen molar-refractivity contribution in [2.24, 2.45) is 0 Å². The van der Waals surface area contributed by atoms with Crippen molar-refractivity contribution < 1.29 is 19.4 Å². The molecule has 0 aromatic heterocycles. The third kappa shape index (κ3) is 4.07. The highest BCUT2D eigenvalue weighted by Crippen LogP contribution is 2.20. The van der Waals surface area contributed by atoms with Gasteiger partial charge in [-0.05, 0) is 36.8 Å². The highest BCUT2D eigenvalue weighted by atomic mass is 16.5. The summed E-state index contributed by atoms with van der Waals surface area (Å²) in [6, 6.07) is 13.7. The summed E-state index contributed by atoms with van der Waals surface area (Å²) in [6.45, 7) is 1.57. The van der Waals surface area contributed by atoms with Gasteiger partial charge in [-0.1, -0.05) is 24.3 Å². The van der Waals surface area contributed by atoms with E-state index in [9.17, 15) is 9.59 Å². The number of carbonyl (C=O) groups excluding carboxylic acids is 1. The summed E-state index contributed by atoms with van der Waals surface area (Å²) in [5.41, 5.74) is 1.56. The fourth-order valence-corrected chi connectivity index (χ4v) is 1.79. The van der Waals surface area contributed by atoms with E-state index in [4.69, 9.17) is 9.84 Å². The van der Waals surface area contributed by atoms with Crippen LogP contribution in [0.4, 0.5) is 5.69 Å². The van der Waals surface area contributed by atoms with Gasteiger partial charge >= 0.3 is 5.97 Å². The molecule has 0 aliphatic carbocycles. The largest absolute Gasteiger partial charge is 0.483 e. The molecule has 0 heterocycles. The van der Waals surface area contributed by atoms with Crippen LogP contribution in [0.1, 0.15) is 15.9 Å². The molecule has 5 nitrogen and oxygen atoms in total. The SMILES string of the molecule is Cc1ccc(C(=O)O)c(OCC(=O)Nc2ccccc2)c1. The number of carboxylic acids is 1. The first kappa shape index (κ1) is 14.6. The molecular weight excluding hydrogens is 270 g/mol. The average Bonchev–Trinajstić information content (AvgIpc) is 2.46. The normalized spacial score (nSPS) is 9.95. The number of nitrogens with one attached hydrogen (secondary N) is 1. The molecule has 0 fully saturated rings. The number of hydrogen-bond acceptors (Lipinski definition) is 3. The quantitative estimate of drug-likeness (QED) is 0.885. The van der Waals surface area contributed by atoms with Crippen molar-refractivity contribution in [1.29, 1.82) is 0 Å². The van der Waals surface area contributed by atoms with E-state index in [1.54, 1.807) is 36.4 Å². The fraction of sp³-hybridized carbons (Fsp3) is 0.125. The lowest BCUT2D eigenvalue weighted by Gasteiger charge is -2.10. The number of carboxylic acid groups (broad SMARTS) is 1. The number of para-hydroxylation sites is 1. The second-order valence-electron chi connectivity index (χ2n) is 4.51. The molecule has 1 amide bonds. The molecule has 5 heteroatoms. The van der Waals surface area contributed by atoms with Gasteiger partial charge in [0.05, 0.1) is 0 Å². The molecule has 2 N–H and O–H groups in total. The Morgan fingerprint density at radius 3 is 2.52 bits per heavy atom. The molecule has 0 aliphatic rings. The standard InChI is InChI=1S/C16H15NO4/c1-11-7-8-13(16(19)20)14(9-11)21-10-15(18)17-12-5-3-2-4-6-12/h2-9H,10H2,1H3,(H,17,18)(H,19,20). The van der Waals surface area contributed by atoms with Crippen molar-refractivity contribution in [3.8, 4) is 5.75 Å². The Balaban J connectivity index is 2.01. The molecule has 2 rings (SSSR count). The van der Waals surface area contributed by atoms with Crippen LogP contribution >= 0.6 is 0 Å². The number of anilines is 1. The molecule has 0 aliphatic heterocycles. The maximum absolute atomic E-state index is 11.8. The van der Waals surface area contributed by atoms with Gasteiger partial charge in [0.2, 0.25) is 0 Å². The number of amides is 1. The number of rotatable bonds is 5. The van der Waals surface area contributed by atoms with Crippen molar-refractivity contribution in [2.45, 2.75) is 6.92 Å². The van der Waals surface area contributed by atoms with E-state index >= 15 is 0 Å². The van der Waals surface area contributed by atoms with Gasteiger partial charge in [-0.15, -0.1) is 0 Å². The molecule has 0 spiro atoms. The van der Waals surface area contributed by atoms with Gasteiger partial charge in [0, 0.05) is 5.69 Å². The topological polar surface area (TPSA) is 75.6 Å². The van der Waals surface area contributed by atoms with Crippen LogP contribution in [0.15, 0.2) is 48.5 Å². The maximum atomic E-state index is 11.8. The number of carbonyl (C=O) groups is 2. The Labute approximate surface area is 122 Å². The number of ether oxygens (including phenoxy) is 1. The summed E-state index contributed by atoms with van der Waals surface area (Å²) in [6.07, 6.45) is 0. The minimum absolute atomic E-state index is 0.0353. The summed E-state index contributed by atoms with van der Waals surface area (Å²) in [4.78, 5) is 22.9. The smallest absolute Gasteiger partial charge is 0.339 e. The maximum Gasteiger partial charge on any atom is 0.339 e. The Hall–Kier alpha value is -2.82. The monoisotopic (exact) mass is 285 g/mol. The fourth-order valence-electron chi connectivity index (χ4n) is 1.79. The predicted octanol–water partition coefficient (Wildman–Crippen LogP) is 2.71. The van der Waals surface area contributed by atoms with Gasteiger partial charge in [0.25, 0.3) is 5.91 Å². The first-order chi connectivity index (χ1) is 10.1. The number of benzene rings is 2. The molecule has 0 unspecified atom stereocenters. The van der Waals surface area contributed by atoms with Crippen molar-refractivity contribution in [1.82, 2.24) is 0 Å². The first-order valence-electron chi connectivity index (χ1n) is 6.38. The highest BCUT2D eigenvalue weighted by Gasteiger charge is 2.12. The second kappa shape index (κ2) is 6.56. The van der Waals surface area contributed by atoms with Crippen LogP contribution in [-0.2, 0) is 4.79 Å². The third-order valence-corrected chi connectivity index (χ3v) is 2.78. The zero-order valence-electron chi connectivity index (χ0n) is 11.5. The van der Waals surface area contributed by atoms with Crippen LogP contribution in [-0.4, -0.2) is 23.6 Å². The van der Waals surface area contributed by atoms with Crippen molar-refractivity contribution in [2.75, 3.05) is 11.9 Å². The Morgan fingerprint density at radius 1 is 1.14 bits per heavy atom.